The maximum absolute atomic E-state index is 14.8. The Morgan fingerprint density at radius 2 is 1.83 bits per heavy atom. The number of anilines is 1. The van der Waals surface area contributed by atoms with Gasteiger partial charge in [-0.2, -0.15) is 0 Å². The summed E-state index contributed by atoms with van der Waals surface area (Å²) in [6, 6.07) is 8.30. The lowest BCUT2D eigenvalue weighted by Crippen LogP contribution is -2.31. The molecule has 0 bridgehead atoms. The zero-order valence-electron chi connectivity index (χ0n) is 15.5. The number of nitrogens with zero attached hydrogens (tertiary/aromatic N) is 3. The molecule has 0 radical (unpaired) electrons. The Hall–Kier alpha value is -3.07. The van der Waals surface area contributed by atoms with Crippen molar-refractivity contribution in [2.45, 2.75) is 18.9 Å². The van der Waals surface area contributed by atoms with Crippen LogP contribution in [0.4, 0.5) is 10.2 Å². The molecule has 1 saturated heterocycles. The average molecular weight is 414 g/mol. The molecule has 1 aromatic carbocycles. The van der Waals surface area contributed by atoms with Gasteiger partial charge in [-0.25, -0.2) is 22.8 Å². The summed E-state index contributed by atoms with van der Waals surface area (Å²) in [5, 5.41) is 0. The quantitative estimate of drug-likeness (QED) is 0.699. The summed E-state index contributed by atoms with van der Waals surface area (Å²) in [6.07, 6.45) is 4.99. The van der Waals surface area contributed by atoms with Crippen LogP contribution in [-0.4, -0.2) is 41.0 Å². The predicted molar refractivity (Wildman–Crippen MR) is 107 cm³/mol. The molecule has 2 N–H and O–H groups in total. The summed E-state index contributed by atoms with van der Waals surface area (Å²) in [5.41, 5.74) is 7.46. The van der Waals surface area contributed by atoms with Gasteiger partial charge < -0.3 is 10.5 Å². The van der Waals surface area contributed by atoms with Crippen LogP contribution in [0.2, 0.25) is 0 Å². The van der Waals surface area contributed by atoms with E-state index in [1.165, 1.54) is 18.5 Å². The molecular formula is C20H19FN4O3S. The summed E-state index contributed by atoms with van der Waals surface area (Å²) in [6.45, 7) is 0. The highest BCUT2D eigenvalue weighted by atomic mass is 32.2. The lowest BCUT2D eigenvalue weighted by atomic mass is 10.0. The zero-order chi connectivity index (χ0) is 20.4. The number of hydrogen-bond acceptors (Lipinski definition) is 7. The summed E-state index contributed by atoms with van der Waals surface area (Å²) in [7, 11) is -2.98. The Morgan fingerprint density at radius 1 is 1.03 bits per heavy atom. The molecule has 0 atom stereocenters. The average Bonchev–Trinajstić information content (AvgIpc) is 2.71. The summed E-state index contributed by atoms with van der Waals surface area (Å²) >= 11 is 0. The van der Waals surface area contributed by atoms with Crippen LogP contribution in [0, 0.1) is 5.82 Å². The largest absolute Gasteiger partial charge is 0.474 e. The van der Waals surface area contributed by atoms with E-state index in [0.717, 1.165) is 0 Å². The third-order valence-corrected chi connectivity index (χ3v) is 6.49. The van der Waals surface area contributed by atoms with E-state index in [2.05, 4.69) is 15.0 Å². The molecule has 0 unspecified atom stereocenters. The molecule has 0 spiro atoms. The number of hydrogen-bond donors (Lipinski definition) is 1. The first kappa shape index (κ1) is 19.3. The van der Waals surface area contributed by atoms with Gasteiger partial charge in [-0.05, 0) is 42.7 Å². The maximum atomic E-state index is 14.8. The number of ether oxygens (including phenoxy) is 1. The van der Waals surface area contributed by atoms with Crippen molar-refractivity contribution in [3.63, 3.8) is 0 Å². The van der Waals surface area contributed by atoms with Gasteiger partial charge in [0.15, 0.2) is 9.84 Å². The van der Waals surface area contributed by atoms with Crippen LogP contribution < -0.4 is 10.5 Å². The molecule has 29 heavy (non-hydrogen) atoms. The fourth-order valence-corrected chi connectivity index (χ4v) is 4.66. The molecule has 0 aliphatic carbocycles. The van der Waals surface area contributed by atoms with Crippen molar-refractivity contribution in [3.8, 4) is 28.3 Å². The van der Waals surface area contributed by atoms with Crippen molar-refractivity contribution in [3.05, 3.63) is 54.7 Å². The van der Waals surface area contributed by atoms with Crippen LogP contribution in [0.25, 0.3) is 22.4 Å². The van der Waals surface area contributed by atoms with Crippen LogP contribution >= 0.6 is 0 Å². The molecule has 7 nitrogen and oxygen atoms in total. The number of rotatable bonds is 4. The third kappa shape index (κ3) is 4.34. The minimum atomic E-state index is -2.98. The van der Waals surface area contributed by atoms with Gasteiger partial charge in [0.2, 0.25) is 5.88 Å². The third-order valence-electron chi connectivity index (χ3n) is 4.78. The van der Waals surface area contributed by atoms with E-state index in [0.29, 0.717) is 41.1 Å². The van der Waals surface area contributed by atoms with Crippen LogP contribution in [0.15, 0.2) is 48.9 Å². The molecular weight excluding hydrogens is 395 g/mol. The van der Waals surface area contributed by atoms with Crippen molar-refractivity contribution in [2.24, 2.45) is 0 Å². The van der Waals surface area contributed by atoms with E-state index >= 15 is 0 Å². The monoisotopic (exact) mass is 414 g/mol. The first-order chi connectivity index (χ1) is 13.9. The maximum Gasteiger partial charge on any atom is 0.221 e. The normalized spacial score (nSPS) is 16.4. The smallest absolute Gasteiger partial charge is 0.221 e. The second-order valence-electron chi connectivity index (χ2n) is 6.85. The lowest BCUT2D eigenvalue weighted by Gasteiger charge is -2.23. The van der Waals surface area contributed by atoms with Crippen molar-refractivity contribution in [2.75, 3.05) is 17.2 Å². The Kier molecular flexibility index (Phi) is 5.14. The second-order valence-corrected chi connectivity index (χ2v) is 9.15. The van der Waals surface area contributed by atoms with Gasteiger partial charge in [0.25, 0.3) is 0 Å². The summed E-state index contributed by atoms with van der Waals surface area (Å²) < 4.78 is 44.0. The topological polar surface area (TPSA) is 108 Å². The predicted octanol–water partition coefficient (Wildman–Crippen LogP) is 2.88. The zero-order valence-corrected chi connectivity index (χ0v) is 16.3. The van der Waals surface area contributed by atoms with E-state index in [9.17, 15) is 12.8 Å². The van der Waals surface area contributed by atoms with Gasteiger partial charge in [-0.1, -0.05) is 6.07 Å². The van der Waals surface area contributed by atoms with Gasteiger partial charge >= 0.3 is 0 Å². The van der Waals surface area contributed by atoms with Crippen LogP contribution in [-0.2, 0) is 9.84 Å². The highest BCUT2D eigenvalue weighted by Crippen LogP contribution is 2.32. The molecule has 1 aliphatic rings. The van der Waals surface area contributed by atoms with Gasteiger partial charge in [-0.15, -0.1) is 0 Å². The van der Waals surface area contributed by atoms with Crippen LogP contribution in [0.1, 0.15) is 12.8 Å². The number of nitrogen functional groups attached to an aromatic ring is 1. The van der Waals surface area contributed by atoms with Gasteiger partial charge in [0.05, 0.1) is 29.6 Å². The van der Waals surface area contributed by atoms with Gasteiger partial charge in [-0.3, -0.25) is 4.98 Å². The van der Waals surface area contributed by atoms with Crippen molar-refractivity contribution in [1.29, 1.82) is 0 Å². The Morgan fingerprint density at radius 3 is 2.52 bits per heavy atom. The SMILES string of the molecule is Nc1cnc(-c2ccc(-c3cccnc3OC3CCS(=O)(=O)CC3)cc2F)cn1. The first-order valence-corrected chi connectivity index (χ1v) is 10.9. The number of benzene rings is 1. The molecule has 3 aromatic rings. The fourth-order valence-electron chi connectivity index (χ4n) is 3.22. The molecule has 1 aliphatic heterocycles. The number of pyridine rings is 1. The molecule has 0 amide bonds. The minimum Gasteiger partial charge on any atom is -0.474 e. The fraction of sp³-hybridized carbons (Fsp3) is 0.250. The van der Waals surface area contributed by atoms with E-state index in [1.54, 1.807) is 30.5 Å². The van der Waals surface area contributed by atoms with Crippen molar-refractivity contribution < 1.29 is 17.5 Å². The summed E-state index contributed by atoms with van der Waals surface area (Å²) in [4.78, 5) is 12.3. The van der Waals surface area contributed by atoms with E-state index in [4.69, 9.17) is 10.5 Å². The number of nitrogens with two attached hydrogens (primary N) is 1. The molecule has 1 fully saturated rings. The molecule has 4 rings (SSSR count). The number of halogens is 1. The van der Waals surface area contributed by atoms with Gasteiger partial charge in [0.1, 0.15) is 17.7 Å². The first-order valence-electron chi connectivity index (χ1n) is 9.11. The highest BCUT2D eigenvalue weighted by Gasteiger charge is 2.26. The van der Waals surface area contributed by atoms with E-state index in [-0.39, 0.29) is 23.4 Å². The van der Waals surface area contributed by atoms with E-state index in [1.807, 2.05) is 0 Å². The summed E-state index contributed by atoms with van der Waals surface area (Å²) in [5.74, 6) is 0.368. The van der Waals surface area contributed by atoms with Crippen LogP contribution in [0.5, 0.6) is 5.88 Å². The Balaban J connectivity index is 1.60. The van der Waals surface area contributed by atoms with Crippen molar-refractivity contribution in [1.82, 2.24) is 15.0 Å². The molecule has 2 aromatic heterocycles. The number of sulfone groups is 1. The highest BCUT2D eigenvalue weighted by molar-refractivity contribution is 7.91. The Bertz CT molecular complexity index is 1120. The molecule has 9 heteroatoms. The minimum absolute atomic E-state index is 0.103. The van der Waals surface area contributed by atoms with Gasteiger partial charge in [0, 0.05) is 17.3 Å². The molecule has 150 valence electrons. The second kappa shape index (κ2) is 7.75. The Labute approximate surface area is 167 Å². The molecule has 3 heterocycles. The molecule has 0 saturated carbocycles. The van der Waals surface area contributed by atoms with Crippen molar-refractivity contribution >= 4 is 15.7 Å². The number of aromatic nitrogens is 3. The van der Waals surface area contributed by atoms with Crippen LogP contribution in [0.3, 0.4) is 0 Å². The van der Waals surface area contributed by atoms with E-state index < -0.39 is 15.7 Å². The standard InChI is InChI=1S/C20H19FN4O3S/c21-17-10-13(3-4-16(17)18-11-25-19(22)12-24-18)15-2-1-7-23-20(15)28-14-5-8-29(26,27)9-6-14/h1-4,7,10-12,14H,5-6,8-9H2,(H2,22,25). The lowest BCUT2D eigenvalue weighted by molar-refractivity contribution is 0.183.